The Balaban J connectivity index is 2.45. The van der Waals surface area contributed by atoms with Crippen molar-refractivity contribution in [1.29, 1.82) is 0 Å². The molecule has 1 N–H and O–H groups in total. The first kappa shape index (κ1) is 15.9. The van der Waals surface area contributed by atoms with Gasteiger partial charge in [0.1, 0.15) is 22.8 Å². The third-order valence-corrected chi connectivity index (χ3v) is 4.03. The van der Waals surface area contributed by atoms with Crippen LogP contribution in [0, 0.1) is 6.92 Å². The van der Waals surface area contributed by atoms with Crippen molar-refractivity contribution in [2.45, 2.75) is 6.92 Å². The molecular weight excluding hydrogens is 404 g/mol. The number of ether oxygens (including phenoxy) is 2. The minimum Gasteiger partial charge on any atom is -0.496 e. The average Bonchev–Trinajstić information content (AvgIpc) is 2.42. The first-order valence-corrected chi connectivity index (χ1v) is 7.56. The molecular formula is C15H12Br2O4. The van der Waals surface area contributed by atoms with Gasteiger partial charge in [-0.05, 0) is 68.6 Å². The molecule has 0 radical (unpaired) electrons. The summed E-state index contributed by atoms with van der Waals surface area (Å²) < 4.78 is 12.3. The van der Waals surface area contributed by atoms with Crippen LogP contribution in [0.25, 0.3) is 0 Å². The second kappa shape index (κ2) is 6.49. The van der Waals surface area contributed by atoms with E-state index in [1.165, 1.54) is 6.07 Å². The van der Waals surface area contributed by atoms with Crippen LogP contribution in [0.3, 0.4) is 0 Å². The molecule has 21 heavy (non-hydrogen) atoms. The van der Waals surface area contributed by atoms with Crippen molar-refractivity contribution < 1.29 is 19.4 Å². The van der Waals surface area contributed by atoms with Crippen LogP contribution in [-0.4, -0.2) is 18.2 Å². The number of carbonyl (C=O) groups is 1. The Labute approximate surface area is 139 Å². The number of rotatable bonds is 4. The minimum atomic E-state index is -1.03. The van der Waals surface area contributed by atoms with E-state index in [0.29, 0.717) is 26.2 Å². The van der Waals surface area contributed by atoms with Gasteiger partial charge < -0.3 is 14.6 Å². The van der Waals surface area contributed by atoms with Gasteiger partial charge in [0.05, 0.1) is 16.1 Å². The molecule has 2 aromatic rings. The predicted molar refractivity (Wildman–Crippen MR) is 86.6 cm³/mol. The highest BCUT2D eigenvalue weighted by Crippen LogP contribution is 2.39. The highest BCUT2D eigenvalue weighted by atomic mass is 79.9. The molecule has 2 aromatic carbocycles. The number of aromatic carboxylic acids is 1. The topological polar surface area (TPSA) is 55.8 Å². The molecule has 6 heteroatoms. The molecule has 0 aromatic heterocycles. The lowest BCUT2D eigenvalue weighted by Gasteiger charge is -2.13. The van der Waals surface area contributed by atoms with Crippen molar-refractivity contribution in [3.8, 4) is 17.2 Å². The predicted octanol–water partition coefficient (Wildman–Crippen LogP) is 5.02. The van der Waals surface area contributed by atoms with Gasteiger partial charge in [-0.2, -0.15) is 0 Å². The zero-order valence-electron chi connectivity index (χ0n) is 11.3. The lowest BCUT2D eigenvalue weighted by molar-refractivity contribution is 0.0694. The van der Waals surface area contributed by atoms with E-state index in [4.69, 9.17) is 9.47 Å². The first-order chi connectivity index (χ1) is 9.92. The molecule has 0 saturated carbocycles. The maximum atomic E-state index is 11.3. The number of hydrogen-bond acceptors (Lipinski definition) is 3. The van der Waals surface area contributed by atoms with E-state index in [-0.39, 0.29) is 5.56 Å². The van der Waals surface area contributed by atoms with Crippen molar-refractivity contribution in [3.63, 3.8) is 0 Å². The van der Waals surface area contributed by atoms with Crippen molar-refractivity contribution >= 4 is 37.8 Å². The normalized spacial score (nSPS) is 10.3. The number of carboxylic acids is 1. The summed E-state index contributed by atoms with van der Waals surface area (Å²) in [5.41, 5.74) is 1.03. The quantitative estimate of drug-likeness (QED) is 0.761. The molecule has 0 aliphatic carbocycles. The summed E-state index contributed by atoms with van der Waals surface area (Å²) in [5, 5.41) is 9.22. The van der Waals surface area contributed by atoms with Gasteiger partial charge in [-0.1, -0.05) is 6.07 Å². The lowest BCUT2D eigenvalue weighted by Crippen LogP contribution is -2.00. The molecule has 0 aliphatic rings. The van der Waals surface area contributed by atoms with Crippen LogP contribution in [0.5, 0.6) is 17.2 Å². The van der Waals surface area contributed by atoms with Gasteiger partial charge in [0.15, 0.2) is 0 Å². The number of methoxy groups -OCH3 is 1. The molecule has 0 unspecified atom stereocenters. The van der Waals surface area contributed by atoms with Gasteiger partial charge in [0.2, 0.25) is 0 Å². The maximum Gasteiger partial charge on any atom is 0.339 e. The van der Waals surface area contributed by atoms with Crippen molar-refractivity contribution in [2.24, 2.45) is 0 Å². The van der Waals surface area contributed by atoms with Gasteiger partial charge >= 0.3 is 5.97 Å². The summed E-state index contributed by atoms with van der Waals surface area (Å²) >= 11 is 6.76. The van der Waals surface area contributed by atoms with E-state index in [0.717, 1.165) is 5.56 Å². The van der Waals surface area contributed by atoms with Gasteiger partial charge in [-0.3, -0.25) is 0 Å². The molecule has 0 heterocycles. The van der Waals surface area contributed by atoms with Gasteiger partial charge in [-0.15, -0.1) is 0 Å². The van der Waals surface area contributed by atoms with Crippen LogP contribution in [0.1, 0.15) is 15.9 Å². The van der Waals surface area contributed by atoms with E-state index in [1.54, 1.807) is 31.4 Å². The third-order valence-electron chi connectivity index (χ3n) is 2.79. The Bertz CT molecular complexity index is 698. The molecule has 0 spiro atoms. The Morgan fingerprint density at radius 1 is 1.05 bits per heavy atom. The summed E-state index contributed by atoms with van der Waals surface area (Å²) in [4.78, 5) is 11.3. The maximum absolute atomic E-state index is 11.3. The molecule has 110 valence electrons. The zero-order valence-corrected chi connectivity index (χ0v) is 14.5. The van der Waals surface area contributed by atoms with Crippen LogP contribution in [0.4, 0.5) is 0 Å². The first-order valence-electron chi connectivity index (χ1n) is 5.97. The van der Waals surface area contributed by atoms with Crippen molar-refractivity contribution in [3.05, 3.63) is 50.4 Å². The van der Waals surface area contributed by atoms with Crippen LogP contribution in [0.2, 0.25) is 0 Å². The van der Waals surface area contributed by atoms with E-state index in [1.807, 2.05) is 6.92 Å². The average molecular weight is 416 g/mol. The fourth-order valence-electron chi connectivity index (χ4n) is 1.75. The van der Waals surface area contributed by atoms with Gasteiger partial charge in [-0.25, -0.2) is 4.79 Å². The fraction of sp³-hybridized carbons (Fsp3) is 0.133. The van der Waals surface area contributed by atoms with E-state index >= 15 is 0 Å². The minimum absolute atomic E-state index is 0.111. The molecule has 0 fully saturated rings. The zero-order chi connectivity index (χ0) is 15.6. The van der Waals surface area contributed by atoms with Crippen molar-refractivity contribution in [1.82, 2.24) is 0 Å². The standard InChI is InChI=1S/C15H12Br2O4/c1-8-3-4-9(15(18)19)12(5-8)21-14-7-10(16)13(20-2)6-11(14)17/h3-7H,1-2H3,(H,18,19). The van der Waals surface area contributed by atoms with Gasteiger partial charge in [0, 0.05) is 0 Å². The van der Waals surface area contributed by atoms with Crippen LogP contribution < -0.4 is 9.47 Å². The number of benzene rings is 2. The highest BCUT2D eigenvalue weighted by Gasteiger charge is 2.15. The smallest absolute Gasteiger partial charge is 0.339 e. The van der Waals surface area contributed by atoms with E-state index < -0.39 is 5.97 Å². The van der Waals surface area contributed by atoms with E-state index in [2.05, 4.69) is 31.9 Å². The number of halogens is 2. The lowest BCUT2D eigenvalue weighted by atomic mass is 10.1. The highest BCUT2D eigenvalue weighted by molar-refractivity contribution is 9.11. The largest absolute Gasteiger partial charge is 0.496 e. The summed E-state index contributed by atoms with van der Waals surface area (Å²) in [7, 11) is 1.57. The Hall–Kier alpha value is -1.53. The van der Waals surface area contributed by atoms with Gasteiger partial charge in [0.25, 0.3) is 0 Å². The SMILES string of the molecule is COc1cc(Br)c(Oc2cc(C)ccc2C(=O)O)cc1Br. The number of carboxylic acid groups (broad SMARTS) is 1. The Morgan fingerprint density at radius 2 is 1.67 bits per heavy atom. The molecule has 2 rings (SSSR count). The third kappa shape index (κ3) is 3.57. The summed E-state index contributed by atoms with van der Waals surface area (Å²) in [6.45, 7) is 1.87. The van der Waals surface area contributed by atoms with Crippen LogP contribution in [-0.2, 0) is 0 Å². The monoisotopic (exact) mass is 414 g/mol. The summed E-state index contributed by atoms with van der Waals surface area (Å²) in [5.74, 6) is 0.404. The van der Waals surface area contributed by atoms with Crippen molar-refractivity contribution in [2.75, 3.05) is 7.11 Å². The second-order valence-electron chi connectivity index (χ2n) is 4.32. The Kier molecular flexibility index (Phi) is 4.90. The fourth-order valence-corrected chi connectivity index (χ4v) is 2.64. The van der Waals surface area contributed by atoms with Crippen LogP contribution in [0.15, 0.2) is 39.3 Å². The van der Waals surface area contributed by atoms with E-state index in [9.17, 15) is 9.90 Å². The molecule has 4 nitrogen and oxygen atoms in total. The summed E-state index contributed by atoms with van der Waals surface area (Å²) in [6, 6.07) is 8.41. The Morgan fingerprint density at radius 3 is 2.29 bits per heavy atom. The summed E-state index contributed by atoms with van der Waals surface area (Å²) in [6.07, 6.45) is 0. The second-order valence-corrected chi connectivity index (χ2v) is 6.03. The number of hydrogen-bond donors (Lipinski definition) is 1. The molecule has 0 bridgehead atoms. The molecule has 0 atom stereocenters. The number of aryl methyl sites for hydroxylation is 1. The molecule has 0 saturated heterocycles. The molecule has 0 amide bonds. The molecule has 0 aliphatic heterocycles. The van der Waals surface area contributed by atoms with Crippen LogP contribution >= 0.6 is 31.9 Å².